The van der Waals surface area contributed by atoms with Gasteiger partial charge in [-0.1, -0.05) is 26.0 Å². The largest absolute Gasteiger partial charge is 0.544 e. The average Bonchev–Trinajstić information content (AvgIpc) is 3.04. The first-order valence-corrected chi connectivity index (χ1v) is 9.10. The normalized spacial score (nSPS) is 17.2. The van der Waals surface area contributed by atoms with Gasteiger partial charge in [0.1, 0.15) is 11.6 Å². The van der Waals surface area contributed by atoms with E-state index in [0.29, 0.717) is 12.8 Å². The lowest BCUT2D eigenvalue weighted by molar-refractivity contribution is -0.337. The van der Waals surface area contributed by atoms with E-state index in [-0.39, 0.29) is 11.1 Å². The fourth-order valence-electron chi connectivity index (χ4n) is 3.27. The van der Waals surface area contributed by atoms with Crippen LogP contribution in [0.1, 0.15) is 67.2 Å². The molecular formula is C20H23F2O6-. The van der Waals surface area contributed by atoms with E-state index in [4.69, 9.17) is 9.47 Å². The van der Waals surface area contributed by atoms with Gasteiger partial charge in [-0.05, 0) is 50.7 Å². The van der Waals surface area contributed by atoms with E-state index in [2.05, 4.69) is 0 Å². The van der Waals surface area contributed by atoms with Crippen molar-refractivity contribution in [3.63, 3.8) is 0 Å². The molecule has 6 nitrogen and oxygen atoms in total. The third-order valence-corrected chi connectivity index (χ3v) is 4.84. The second kappa shape index (κ2) is 8.24. The molecule has 1 aliphatic rings. The van der Waals surface area contributed by atoms with Crippen molar-refractivity contribution < 1.29 is 37.7 Å². The van der Waals surface area contributed by atoms with E-state index in [9.17, 15) is 28.3 Å². The molecule has 154 valence electrons. The van der Waals surface area contributed by atoms with E-state index in [1.54, 1.807) is 6.92 Å². The number of ether oxygens (including phenoxy) is 2. The molecule has 28 heavy (non-hydrogen) atoms. The van der Waals surface area contributed by atoms with Crippen molar-refractivity contribution in [2.75, 3.05) is 0 Å². The molecule has 1 aromatic rings. The molecule has 0 N–H and O–H groups in total. The van der Waals surface area contributed by atoms with Gasteiger partial charge in [0.25, 0.3) is 0 Å². The van der Waals surface area contributed by atoms with Crippen molar-refractivity contribution in [1.29, 1.82) is 0 Å². The Balaban J connectivity index is 2.26. The van der Waals surface area contributed by atoms with E-state index in [0.717, 1.165) is 12.8 Å². The van der Waals surface area contributed by atoms with E-state index in [1.165, 1.54) is 38.1 Å². The highest BCUT2D eigenvalue weighted by atomic mass is 19.3. The zero-order chi connectivity index (χ0) is 21.1. The van der Waals surface area contributed by atoms with Crippen molar-refractivity contribution in [3.8, 4) is 0 Å². The van der Waals surface area contributed by atoms with Crippen LogP contribution < -0.4 is 5.11 Å². The van der Waals surface area contributed by atoms with Crippen LogP contribution in [0.3, 0.4) is 0 Å². The van der Waals surface area contributed by atoms with Gasteiger partial charge in [-0.2, -0.15) is 8.78 Å². The number of carbonyl (C=O) groups is 3. The molecule has 0 heterocycles. The van der Waals surface area contributed by atoms with Gasteiger partial charge in [-0.25, -0.2) is 9.59 Å². The Morgan fingerprint density at radius 3 is 2.04 bits per heavy atom. The van der Waals surface area contributed by atoms with Gasteiger partial charge in [0, 0.05) is 0 Å². The third-order valence-electron chi connectivity index (χ3n) is 4.84. The van der Waals surface area contributed by atoms with Gasteiger partial charge in [-0.3, -0.25) is 0 Å². The molecule has 2 rings (SSSR count). The van der Waals surface area contributed by atoms with E-state index >= 15 is 0 Å². The molecule has 8 heteroatoms. The minimum atomic E-state index is -4.38. The highest BCUT2D eigenvalue weighted by Crippen LogP contribution is 2.34. The molecule has 1 atom stereocenters. The quantitative estimate of drug-likeness (QED) is 0.657. The molecule has 0 aliphatic heterocycles. The Morgan fingerprint density at radius 2 is 1.57 bits per heavy atom. The number of aliphatic carboxylic acids is 1. The average molecular weight is 397 g/mol. The number of alkyl halides is 2. The monoisotopic (exact) mass is 397 g/mol. The minimum Gasteiger partial charge on any atom is -0.544 e. The maximum atomic E-state index is 13.9. The van der Waals surface area contributed by atoms with Gasteiger partial charge in [0.15, 0.2) is 6.10 Å². The summed E-state index contributed by atoms with van der Waals surface area (Å²) in [7, 11) is 0. The first-order chi connectivity index (χ1) is 13.0. The summed E-state index contributed by atoms with van der Waals surface area (Å²) in [4.78, 5) is 35.8. The van der Waals surface area contributed by atoms with E-state index in [1.807, 2.05) is 0 Å². The van der Waals surface area contributed by atoms with Crippen LogP contribution in [0.4, 0.5) is 8.78 Å². The first kappa shape index (κ1) is 21.8. The molecule has 0 amide bonds. The SMILES string of the molecule is CC(C)C(OC(=O)c1ccccc1C(=O)OC1(C)CCCC1)C(F)(F)C(=O)[O-]. The van der Waals surface area contributed by atoms with Crippen molar-refractivity contribution >= 4 is 17.9 Å². The zero-order valence-corrected chi connectivity index (χ0v) is 16.0. The van der Waals surface area contributed by atoms with Gasteiger partial charge >= 0.3 is 17.9 Å². The van der Waals surface area contributed by atoms with E-state index < -0.39 is 41.5 Å². The predicted molar refractivity (Wildman–Crippen MR) is 92.7 cm³/mol. The number of benzene rings is 1. The Morgan fingerprint density at radius 1 is 1.07 bits per heavy atom. The summed E-state index contributed by atoms with van der Waals surface area (Å²) in [5, 5.41) is 10.8. The van der Waals surface area contributed by atoms with Crippen LogP contribution in [0, 0.1) is 5.92 Å². The van der Waals surface area contributed by atoms with Crippen molar-refractivity contribution in [1.82, 2.24) is 0 Å². The van der Waals surface area contributed by atoms with Crippen LogP contribution in [0.25, 0.3) is 0 Å². The Labute approximate surface area is 161 Å². The van der Waals surface area contributed by atoms with Crippen LogP contribution in [0.2, 0.25) is 0 Å². The molecule has 1 unspecified atom stereocenters. The fraction of sp³-hybridized carbons (Fsp3) is 0.550. The zero-order valence-electron chi connectivity index (χ0n) is 16.0. The molecule has 1 aliphatic carbocycles. The molecule has 0 bridgehead atoms. The van der Waals surface area contributed by atoms with Gasteiger partial charge in [0.2, 0.25) is 0 Å². The summed E-state index contributed by atoms with van der Waals surface area (Å²) in [5.74, 6) is -10.0. The van der Waals surface area contributed by atoms with Crippen LogP contribution in [0.15, 0.2) is 24.3 Å². The Hall–Kier alpha value is -2.51. The van der Waals surface area contributed by atoms with Crippen molar-refractivity contribution in [2.45, 2.75) is 64.1 Å². The van der Waals surface area contributed by atoms with Crippen molar-refractivity contribution in [2.24, 2.45) is 5.92 Å². The number of esters is 2. The summed E-state index contributed by atoms with van der Waals surface area (Å²) in [6.45, 7) is 4.37. The van der Waals surface area contributed by atoms with Gasteiger partial charge < -0.3 is 19.4 Å². The molecule has 1 fully saturated rings. The maximum Gasteiger partial charge on any atom is 0.339 e. The molecule has 0 saturated heterocycles. The number of hydrogen-bond acceptors (Lipinski definition) is 6. The molecule has 0 aromatic heterocycles. The highest BCUT2D eigenvalue weighted by Gasteiger charge is 2.46. The number of rotatable bonds is 7. The third kappa shape index (κ3) is 4.66. The lowest BCUT2D eigenvalue weighted by Crippen LogP contribution is -2.53. The van der Waals surface area contributed by atoms with Crippen LogP contribution >= 0.6 is 0 Å². The molecular weight excluding hydrogens is 374 g/mol. The second-order valence-electron chi connectivity index (χ2n) is 7.57. The number of carboxylic acids is 1. The predicted octanol–water partition coefficient (Wildman–Crippen LogP) is 2.74. The standard InChI is InChI=1S/C20H24F2O6/c1-12(2)15(20(21,22)18(25)26)27-16(23)13-8-4-5-9-14(13)17(24)28-19(3)10-6-7-11-19/h4-5,8-9,12,15H,6-7,10-11H2,1-3H3,(H,25,26)/p-1. The maximum absolute atomic E-state index is 13.9. The number of halogens is 2. The topological polar surface area (TPSA) is 92.7 Å². The minimum absolute atomic E-state index is 0.125. The smallest absolute Gasteiger partial charge is 0.339 e. The Bertz CT molecular complexity index is 753. The summed E-state index contributed by atoms with van der Waals surface area (Å²) in [6.07, 6.45) is 0.974. The van der Waals surface area contributed by atoms with Crippen LogP contribution in [0.5, 0.6) is 0 Å². The van der Waals surface area contributed by atoms with Crippen molar-refractivity contribution in [3.05, 3.63) is 35.4 Å². The molecule has 1 saturated carbocycles. The summed E-state index contributed by atoms with van der Waals surface area (Å²) in [5.41, 5.74) is -1.04. The second-order valence-corrected chi connectivity index (χ2v) is 7.57. The number of hydrogen-bond donors (Lipinski definition) is 0. The fourth-order valence-corrected chi connectivity index (χ4v) is 3.27. The summed E-state index contributed by atoms with van der Waals surface area (Å²) >= 11 is 0. The first-order valence-electron chi connectivity index (χ1n) is 9.10. The number of carboxylic acid groups (broad SMARTS) is 1. The van der Waals surface area contributed by atoms with Gasteiger partial charge in [0.05, 0.1) is 11.1 Å². The lowest BCUT2D eigenvalue weighted by Gasteiger charge is -2.30. The van der Waals surface area contributed by atoms with Crippen LogP contribution in [-0.4, -0.2) is 35.5 Å². The Kier molecular flexibility index (Phi) is 6.41. The lowest BCUT2D eigenvalue weighted by atomic mass is 10.00. The molecule has 1 aromatic carbocycles. The molecule has 0 spiro atoms. The summed E-state index contributed by atoms with van der Waals surface area (Å²) < 4.78 is 38.1. The van der Waals surface area contributed by atoms with Crippen LogP contribution in [-0.2, 0) is 14.3 Å². The number of carbonyl (C=O) groups excluding carboxylic acids is 3. The van der Waals surface area contributed by atoms with Gasteiger partial charge in [-0.15, -0.1) is 0 Å². The molecule has 0 radical (unpaired) electrons. The highest BCUT2D eigenvalue weighted by molar-refractivity contribution is 6.03. The summed E-state index contributed by atoms with van der Waals surface area (Å²) in [6, 6.07) is 5.51.